The SMILES string of the molecule is COc1ccc(OC(=O)c2oc3c(c2C)C(=O)CC(C)(C)C3)c([N+](=O)[O-])c1. The molecule has 0 unspecified atom stereocenters. The number of fused-ring (bicyclic) bond motifs is 1. The number of esters is 1. The number of Topliss-reactive ketones (excluding diaryl/α,β-unsaturated/α-hetero) is 1. The molecule has 8 nitrogen and oxygen atoms in total. The molecule has 1 aliphatic carbocycles. The maximum absolute atomic E-state index is 12.6. The van der Waals surface area contributed by atoms with Gasteiger partial charge in [0.05, 0.1) is 23.7 Å². The van der Waals surface area contributed by atoms with Crippen molar-refractivity contribution in [3.63, 3.8) is 0 Å². The summed E-state index contributed by atoms with van der Waals surface area (Å²) in [5, 5.41) is 11.2. The Morgan fingerprint density at radius 1 is 1.30 bits per heavy atom. The quantitative estimate of drug-likeness (QED) is 0.346. The summed E-state index contributed by atoms with van der Waals surface area (Å²) in [5.74, 6) is -0.607. The Morgan fingerprint density at radius 2 is 2.00 bits per heavy atom. The van der Waals surface area contributed by atoms with E-state index in [2.05, 4.69) is 0 Å². The second kappa shape index (κ2) is 6.53. The molecule has 0 saturated carbocycles. The molecular weight excluding hydrogens is 354 g/mol. The van der Waals surface area contributed by atoms with Gasteiger partial charge in [-0.1, -0.05) is 13.8 Å². The number of ether oxygens (including phenoxy) is 2. The Morgan fingerprint density at radius 3 is 2.63 bits per heavy atom. The average Bonchev–Trinajstić information content (AvgIpc) is 2.90. The van der Waals surface area contributed by atoms with E-state index in [0.29, 0.717) is 29.7 Å². The largest absolute Gasteiger partial charge is 0.496 e. The first kappa shape index (κ1) is 18.6. The van der Waals surface area contributed by atoms with Crippen molar-refractivity contribution in [1.29, 1.82) is 0 Å². The molecule has 0 bridgehead atoms. The van der Waals surface area contributed by atoms with Gasteiger partial charge in [0.1, 0.15) is 11.5 Å². The molecule has 142 valence electrons. The zero-order valence-electron chi connectivity index (χ0n) is 15.5. The van der Waals surface area contributed by atoms with Crippen molar-refractivity contribution in [3.8, 4) is 11.5 Å². The number of benzene rings is 1. The van der Waals surface area contributed by atoms with Crippen molar-refractivity contribution < 1.29 is 28.4 Å². The Balaban J connectivity index is 1.95. The van der Waals surface area contributed by atoms with Crippen LogP contribution in [0.3, 0.4) is 0 Å². The Kier molecular flexibility index (Phi) is 4.51. The number of carbonyl (C=O) groups excluding carboxylic acids is 2. The van der Waals surface area contributed by atoms with Gasteiger partial charge < -0.3 is 13.9 Å². The molecule has 0 atom stereocenters. The minimum atomic E-state index is -0.888. The van der Waals surface area contributed by atoms with E-state index in [9.17, 15) is 19.7 Å². The van der Waals surface area contributed by atoms with E-state index >= 15 is 0 Å². The third-order valence-corrected chi connectivity index (χ3v) is 4.53. The van der Waals surface area contributed by atoms with Crippen LogP contribution in [0.25, 0.3) is 0 Å². The van der Waals surface area contributed by atoms with Crippen LogP contribution in [-0.2, 0) is 6.42 Å². The Hall–Kier alpha value is -3.16. The fourth-order valence-corrected chi connectivity index (χ4v) is 3.28. The van der Waals surface area contributed by atoms with Crippen LogP contribution < -0.4 is 9.47 Å². The number of hydrogen-bond acceptors (Lipinski definition) is 7. The highest BCUT2D eigenvalue weighted by molar-refractivity contribution is 6.03. The molecule has 0 radical (unpaired) electrons. The van der Waals surface area contributed by atoms with Crippen molar-refractivity contribution in [2.75, 3.05) is 7.11 Å². The van der Waals surface area contributed by atoms with Gasteiger partial charge in [-0.2, -0.15) is 0 Å². The van der Waals surface area contributed by atoms with Crippen LogP contribution >= 0.6 is 0 Å². The summed E-state index contributed by atoms with van der Waals surface area (Å²) in [6, 6.07) is 3.89. The smallest absolute Gasteiger partial charge is 0.380 e. The van der Waals surface area contributed by atoms with E-state index in [-0.39, 0.29) is 28.5 Å². The number of ketones is 1. The van der Waals surface area contributed by atoms with Gasteiger partial charge >= 0.3 is 11.7 Å². The first-order valence-corrected chi connectivity index (χ1v) is 8.33. The molecule has 0 amide bonds. The summed E-state index contributed by atoms with van der Waals surface area (Å²) in [7, 11) is 1.37. The number of carbonyl (C=O) groups is 2. The molecule has 1 aromatic carbocycles. The second-order valence-corrected chi connectivity index (χ2v) is 7.28. The maximum Gasteiger partial charge on any atom is 0.380 e. The minimum Gasteiger partial charge on any atom is -0.496 e. The van der Waals surface area contributed by atoms with Crippen molar-refractivity contribution in [1.82, 2.24) is 0 Å². The molecule has 0 saturated heterocycles. The molecule has 0 N–H and O–H groups in total. The topological polar surface area (TPSA) is 109 Å². The molecule has 3 rings (SSSR count). The first-order valence-electron chi connectivity index (χ1n) is 8.33. The van der Waals surface area contributed by atoms with Crippen molar-refractivity contribution >= 4 is 17.4 Å². The lowest BCUT2D eigenvalue weighted by Gasteiger charge is -2.27. The predicted octanol–water partition coefficient (Wildman–Crippen LogP) is 3.88. The maximum atomic E-state index is 12.6. The zero-order chi connectivity index (χ0) is 19.9. The normalized spacial score (nSPS) is 15.2. The third kappa shape index (κ3) is 3.42. The van der Waals surface area contributed by atoms with E-state index in [1.54, 1.807) is 6.92 Å². The molecular formula is C19H19NO7. The summed E-state index contributed by atoms with van der Waals surface area (Å²) in [6.45, 7) is 5.51. The number of nitro benzene ring substituents is 1. The molecule has 27 heavy (non-hydrogen) atoms. The van der Waals surface area contributed by atoms with Gasteiger partial charge in [0.15, 0.2) is 5.78 Å². The highest BCUT2D eigenvalue weighted by atomic mass is 16.6. The summed E-state index contributed by atoms with van der Waals surface area (Å²) in [4.78, 5) is 35.6. The van der Waals surface area contributed by atoms with Crippen molar-refractivity contribution in [2.24, 2.45) is 5.41 Å². The van der Waals surface area contributed by atoms with Crippen LogP contribution in [0.15, 0.2) is 22.6 Å². The van der Waals surface area contributed by atoms with Gasteiger partial charge in [-0.3, -0.25) is 14.9 Å². The van der Waals surface area contributed by atoms with Crippen LogP contribution in [0.5, 0.6) is 11.5 Å². The highest BCUT2D eigenvalue weighted by Gasteiger charge is 2.37. The second-order valence-electron chi connectivity index (χ2n) is 7.28. The fourth-order valence-electron chi connectivity index (χ4n) is 3.28. The molecule has 0 aliphatic heterocycles. The van der Waals surface area contributed by atoms with Gasteiger partial charge in [0, 0.05) is 18.4 Å². The lowest BCUT2D eigenvalue weighted by atomic mass is 9.76. The number of nitro groups is 1. The van der Waals surface area contributed by atoms with E-state index in [1.807, 2.05) is 13.8 Å². The van der Waals surface area contributed by atoms with Gasteiger partial charge in [-0.15, -0.1) is 0 Å². The van der Waals surface area contributed by atoms with Crippen LogP contribution in [0.4, 0.5) is 5.69 Å². The van der Waals surface area contributed by atoms with Crippen LogP contribution in [0.1, 0.15) is 52.5 Å². The van der Waals surface area contributed by atoms with Gasteiger partial charge in [-0.05, 0) is 24.5 Å². The first-order chi connectivity index (χ1) is 12.6. The predicted molar refractivity (Wildman–Crippen MR) is 94.5 cm³/mol. The summed E-state index contributed by atoms with van der Waals surface area (Å²) in [6.07, 6.45) is 0.879. The van der Waals surface area contributed by atoms with Gasteiger partial charge in [-0.25, -0.2) is 4.79 Å². The number of furan rings is 1. The van der Waals surface area contributed by atoms with E-state index < -0.39 is 16.6 Å². The third-order valence-electron chi connectivity index (χ3n) is 4.53. The zero-order valence-corrected chi connectivity index (χ0v) is 15.5. The molecule has 0 fully saturated rings. The van der Waals surface area contributed by atoms with Gasteiger partial charge in [0.2, 0.25) is 11.5 Å². The number of nitrogens with zero attached hydrogens (tertiary/aromatic N) is 1. The summed E-state index contributed by atoms with van der Waals surface area (Å²) >= 11 is 0. The van der Waals surface area contributed by atoms with Crippen molar-refractivity contribution in [3.05, 3.63) is 51.0 Å². The van der Waals surface area contributed by atoms with E-state index in [0.717, 1.165) is 6.07 Å². The number of methoxy groups -OCH3 is 1. The fraction of sp³-hybridized carbons (Fsp3) is 0.368. The van der Waals surface area contributed by atoms with Crippen LogP contribution in [-0.4, -0.2) is 23.8 Å². The molecule has 1 heterocycles. The molecule has 1 aromatic heterocycles. The molecule has 8 heteroatoms. The summed E-state index contributed by atoms with van der Waals surface area (Å²) < 4.78 is 15.8. The van der Waals surface area contributed by atoms with Crippen molar-refractivity contribution in [2.45, 2.75) is 33.6 Å². The summed E-state index contributed by atoms with van der Waals surface area (Å²) in [5.41, 5.74) is 0.135. The number of hydrogen-bond donors (Lipinski definition) is 0. The monoisotopic (exact) mass is 373 g/mol. The van der Waals surface area contributed by atoms with E-state index in [1.165, 1.54) is 19.2 Å². The lowest BCUT2D eigenvalue weighted by molar-refractivity contribution is -0.385. The standard InChI is InChI=1S/C19H19NO7/c1-10-16-13(21)8-19(2,3)9-15(16)26-17(10)18(22)27-14-6-5-11(25-4)7-12(14)20(23)24/h5-7H,8-9H2,1-4H3. The van der Waals surface area contributed by atoms with Crippen LogP contribution in [0.2, 0.25) is 0 Å². The molecule has 2 aromatic rings. The number of rotatable bonds is 4. The lowest BCUT2D eigenvalue weighted by Crippen LogP contribution is -2.26. The van der Waals surface area contributed by atoms with Gasteiger partial charge in [0.25, 0.3) is 0 Å². The van der Waals surface area contributed by atoms with Crippen LogP contribution in [0, 0.1) is 22.5 Å². The molecule has 0 spiro atoms. The average molecular weight is 373 g/mol. The Labute approximate surface area is 155 Å². The minimum absolute atomic E-state index is 0.0861. The highest BCUT2D eigenvalue weighted by Crippen LogP contribution is 2.39. The van der Waals surface area contributed by atoms with E-state index in [4.69, 9.17) is 13.9 Å². The Bertz CT molecular complexity index is 955. The molecule has 1 aliphatic rings.